The van der Waals surface area contributed by atoms with Crippen LogP contribution in [0.1, 0.15) is 11.1 Å². The molecule has 0 aliphatic heterocycles. The molecule has 1 N–H and O–H groups in total. The van der Waals surface area contributed by atoms with Crippen molar-refractivity contribution in [1.82, 2.24) is 0 Å². The van der Waals surface area contributed by atoms with Crippen LogP contribution < -0.4 is 0 Å². The van der Waals surface area contributed by atoms with Gasteiger partial charge in [0, 0.05) is 12.9 Å². The van der Waals surface area contributed by atoms with Crippen molar-refractivity contribution in [2.45, 2.75) is 17.9 Å². The molecule has 4 heteroatoms. The minimum absolute atomic E-state index is 0.242. The number of carboxylic acid groups (broad SMARTS) is 1. The maximum absolute atomic E-state index is 10.9. The minimum atomic E-state index is -0.819. The Hall–Kier alpha value is -1.00. The fraction of sp³-hybridized carbons (Fsp3) is 0.417. The van der Waals surface area contributed by atoms with Crippen LogP contribution in [0.25, 0.3) is 0 Å². The first kappa shape index (κ1) is 13.1. The zero-order chi connectivity index (χ0) is 12.0. The van der Waals surface area contributed by atoms with Gasteiger partial charge < -0.3 is 9.84 Å². The quantitative estimate of drug-likeness (QED) is 0.829. The summed E-state index contributed by atoms with van der Waals surface area (Å²) in [4.78, 5) is 10.9. The molecule has 16 heavy (non-hydrogen) atoms. The Morgan fingerprint density at radius 2 is 2.19 bits per heavy atom. The van der Waals surface area contributed by atoms with E-state index in [2.05, 4.69) is 0 Å². The SMILES string of the molecule is COCC(SCc1ccccc1C)C(=O)O. The highest BCUT2D eigenvalue weighted by molar-refractivity contribution is 7.99. The molecule has 1 atom stereocenters. The number of ether oxygens (including phenoxy) is 1. The van der Waals surface area contributed by atoms with Crippen molar-refractivity contribution in [3.8, 4) is 0 Å². The van der Waals surface area contributed by atoms with Crippen molar-refractivity contribution in [2.75, 3.05) is 13.7 Å². The first-order valence-corrected chi connectivity index (χ1v) is 6.08. The van der Waals surface area contributed by atoms with E-state index in [9.17, 15) is 4.79 Å². The second kappa shape index (κ2) is 6.55. The van der Waals surface area contributed by atoms with E-state index in [-0.39, 0.29) is 6.61 Å². The zero-order valence-electron chi connectivity index (χ0n) is 9.47. The molecule has 0 saturated heterocycles. The van der Waals surface area contributed by atoms with E-state index < -0.39 is 11.2 Å². The second-order valence-electron chi connectivity index (χ2n) is 3.52. The minimum Gasteiger partial charge on any atom is -0.480 e. The molecule has 88 valence electrons. The predicted molar refractivity (Wildman–Crippen MR) is 65.8 cm³/mol. The second-order valence-corrected chi connectivity index (χ2v) is 4.71. The summed E-state index contributed by atoms with van der Waals surface area (Å²) in [6.07, 6.45) is 0. The van der Waals surface area contributed by atoms with Crippen molar-refractivity contribution in [1.29, 1.82) is 0 Å². The number of thioether (sulfide) groups is 1. The Morgan fingerprint density at radius 1 is 1.50 bits per heavy atom. The van der Waals surface area contributed by atoms with Crippen LogP contribution in [-0.2, 0) is 15.3 Å². The Labute approximate surface area is 99.8 Å². The summed E-state index contributed by atoms with van der Waals surface area (Å²) in [7, 11) is 1.52. The summed E-state index contributed by atoms with van der Waals surface area (Å²) < 4.78 is 4.88. The normalized spacial score (nSPS) is 12.4. The number of methoxy groups -OCH3 is 1. The van der Waals surface area contributed by atoms with Crippen LogP contribution in [0.2, 0.25) is 0 Å². The molecule has 0 aliphatic carbocycles. The third kappa shape index (κ3) is 3.87. The van der Waals surface area contributed by atoms with Gasteiger partial charge in [-0.15, -0.1) is 11.8 Å². The lowest BCUT2D eigenvalue weighted by Crippen LogP contribution is -2.22. The summed E-state index contributed by atoms with van der Waals surface area (Å²) >= 11 is 1.40. The van der Waals surface area contributed by atoms with Gasteiger partial charge in [-0.1, -0.05) is 24.3 Å². The molecule has 0 amide bonds. The monoisotopic (exact) mass is 240 g/mol. The molecule has 1 aromatic rings. The first-order chi connectivity index (χ1) is 7.65. The van der Waals surface area contributed by atoms with Gasteiger partial charge in [-0.3, -0.25) is 4.79 Å². The third-order valence-electron chi connectivity index (χ3n) is 2.29. The molecule has 0 radical (unpaired) electrons. The van der Waals surface area contributed by atoms with Crippen LogP contribution in [0.15, 0.2) is 24.3 Å². The van der Waals surface area contributed by atoms with Crippen LogP contribution in [0.3, 0.4) is 0 Å². The molecular weight excluding hydrogens is 224 g/mol. The van der Waals surface area contributed by atoms with Gasteiger partial charge in [-0.2, -0.15) is 0 Å². The highest BCUT2D eigenvalue weighted by Gasteiger charge is 2.17. The van der Waals surface area contributed by atoms with E-state index in [1.165, 1.54) is 30.0 Å². The van der Waals surface area contributed by atoms with Crippen LogP contribution in [0.4, 0.5) is 0 Å². The van der Waals surface area contributed by atoms with Gasteiger partial charge in [0.1, 0.15) is 5.25 Å². The summed E-state index contributed by atoms with van der Waals surface area (Å²) in [6.45, 7) is 2.27. The zero-order valence-corrected chi connectivity index (χ0v) is 10.3. The number of hydrogen-bond acceptors (Lipinski definition) is 3. The van der Waals surface area contributed by atoms with E-state index in [0.717, 1.165) is 0 Å². The average Bonchev–Trinajstić information content (AvgIpc) is 2.26. The molecule has 0 aliphatic rings. The Bertz CT molecular complexity index is 352. The fourth-order valence-corrected chi connectivity index (χ4v) is 2.38. The van der Waals surface area contributed by atoms with Crippen LogP contribution in [-0.4, -0.2) is 30.0 Å². The maximum atomic E-state index is 10.9. The van der Waals surface area contributed by atoms with Gasteiger partial charge in [0.2, 0.25) is 0 Å². The topological polar surface area (TPSA) is 46.5 Å². The maximum Gasteiger partial charge on any atom is 0.319 e. The van der Waals surface area contributed by atoms with Gasteiger partial charge in [0.15, 0.2) is 0 Å². The van der Waals surface area contributed by atoms with E-state index in [4.69, 9.17) is 9.84 Å². The number of carboxylic acids is 1. The van der Waals surface area contributed by atoms with E-state index >= 15 is 0 Å². The summed E-state index contributed by atoms with van der Waals surface area (Å²) in [6, 6.07) is 8.00. The number of rotatable bonds is 6. The Kier molecular flexibility index (Phi) is 5.35. The van der Waals surface area contributed by atoms with Crippen molar-refractivity contribution in [3.05, 3.63) is 35.4 Å². The molecule has 1 unspecified atom stereocenters. The lowest BCUT2D eigenvalue weighted by molar-refractivity contribution is -0.137. The summed E-state index contributed by atoms with van der Waals surface area (Å²) in [5.41, 5.74) is 2.37. The third-order valence-corrected chi connectivity index (χ3v) is 3.51. The molecule has 0 bridgehead atoms. The van der Waals surface area contributed by atoms with Crippen LogP contribution >= 0.6 is 11.8 Å². The summed E-state index contributed by atoms with van der Waals surface area (Å²) in [5.74, 6) is -0.118. The molecule has 1 aromatic carbocycles. The largest absolute Gasteiger partial charge is 0.480 e. The molecule has 0 saturated carbocycles. The van der Waals surface area contributed by atoms with Gasteiger partial charge in [0.05, 0.1) is 6.61 Å². The van der Waals surface area contributed by atoms with Gasteiger partial charge >= 0.3 is 5.97 Å². The number of hydrogen-bond donors (Lipinski definition) is 1. The molecule has 0 heterocycles. The van der Waals surface area contributed by atoms with E-state index in [1.807, 2.05) is 31.2 Å². The number of carbonyl (C=O) groups is 1. The highest BCUT2D eigenvalue weighted by atomic mass is 32.2. The molecule has 0 aromatic heterocycles. The fourth-order valence-electron chi connectivity index (χ4n) is 1.30. The van der Waals surface area contributed by atoms with Crippen molar-refractivity contribution in [3.63, 3.8) is 0 Å². The molecule has 3 nitrogen and oxygen atoms in total. The molecule has 0 spiro atoms. The smallest absolute Gasteiger partial charge is 0.319 e. The Morgan fingerprint density at radius 3 is 2.75 bits per heavy atom. The Balaban J connectivity index is 2.55. The van der Waals surface area contributed by atoms with Gasteiger partial charge in [-0.05, 0) is 18.1 Å². The lowest BCUT2D eigenvalue weighted by atomic mass is 10.1. The lowest BCUT2D eigenvalue weighted by Gasteiger charge is -2.11. The highest BCUT2D eigenvalue weighted by Crippen LogP contribution is 2.20. The summed E-state index contributed by atoms with van der Waals surface area (Å²) in [5, 5.41) is 8.46. The van der Waals surface area contributed by atoms with Crippen LogP contribution in [0.5, 0.6) is 0 Å². The number of benzene rings is 1. The molecular formula is C12H16O3S. The van der Waals surface area contributed by atoms with E-state index in [0.29, 0.717) is 5.75 Å². The van der Waals surface area contributed by atoms with Crippen LogP contribution in [0, 0.1) is 6.92 Å². The number of aryl methyl sites for hydroxylation is 1. The van der Waals surface area contributed by atoms with Crippen molar-refractivity contribution >= 4 is 17.7 Å². The predicted octanol–water partition coefficient (Wildman–Crippen LogP) is 2.33. The van der Waals surface area contributed by atoms with Crippen molar-refractivity contribution in [2.24, 2.45) is 0 Å². The van der Waals surface area contributed by atoms with Gasteiger partial charge in [0.25, 0.3) is 0 Å². The molecule has 1 rings (SSSR count). The van der Waals surface area contributed by atoms with E-state index in [1.54, 1.807) is 0 Å². The molecule has 0 fully saturated rings. The van der Waals surface area contributed by atoms with Gasteiger partial charge in [-0.25, -0.2) is 0 Å². The average molecular weight is 240 g/mol. The number of aliphatic carboxylic acids is 1. The van der Waals surface area contributed by atoms with Crippen molar-refractivity contribution < 1.29 is 14.6 Å². The first-order valence-electron chi connectivity index (χ1n) is 5.03. The standard InChI is InChI=1S/C12H16O3S/c1-9-5-3-4-6-10(9)8-16-11(7-15-2)12(13)14/h3-6,11H,7-8H2,1-2H3,(H,13,14).